The number of aliphatic imine (C=N–C) groups is 1. The molecule has 0 aromatic heterocycles. The van der Waals surface area contributed by atoms with Gasteiger partial charge in [0, 0.05) is 26.7 Å². The van der Waals surface area contributed by atoms with E-state index in [1.165, 1.54) is 0 Å². The number of guanidine groups is 1. The molecule has 8 heteroatoms. The predicted molar refractivity (Wildman–Crippen MR) is 77.2 cm³/mol. The van der Waals surface area contributed by atoms with Gasteiger partial charge in [-0.15, -0.1) is 0 Å². The highest BCUT2D eigenvalue weighted by Crippen LogP contribution is 2.18. The van der Waals surface area contributed by atoms with E-state index in [-0.39, 0.29) is 19.0 Å². The molecule has 0 heterocycles. The number of halogens is 3. The Balaban J connectivity index is 4.64. The standard InChI is InChI=1S/C13H25F3N4O/c1-5-17-12(18-9-8-13(14,15)16)19(4)10-11(21)20(6-2)7-3/h5-10H2,1-4H3,(H,17,18). The molecule has 0 aromatic carbocycles. The summed E-state index contributed by atoms with van der Waals surface area (Å²) in [5, 5.41) is 2.89. The number of carbonyl (C=O) groups is 1. The number of likely N-dealkylation sites (N-methyl/N-ethyl adjacent to an activating group) is 2. The third kappa shape index (κ3) is 8.41. The van der Waals surface area contributed by atoms with Crippen LogP contribution in [0.2, 0.25) is 0 Å². The number of amides is 1. The molecule has 0 radical (unpaired) electrons. The number of hydrogen-bond donors (Lipinski definition) is 1. The van der Waals surface area contributed by atoms with E-state index in [0.717, 1.165) is 0 Å². The van der Waals surface area contributed by atoms with Gasteiger partial charge >= 0.3 is 6.18 Å². The lowest BCUT2D eigenvalue weighted by atomic mass is 10.4. The second kappa shape index (κ2) is 9.46. The molecule has 0 fully saturated rings. The summed E-state index contributed by atoms with van der Waals surface area (Å²) in [6.45, 7) is 7.03. The van der Waals surface area contributed by atoms with Crippen molar-refractivity contribution in [1.29, 1.82) is 0 Å². The van der Waals surface area contributed by atoms with Crippen LogP contribution in [0.15, 0.2) is 4.99 Å². The fraction of sp³-hybridized carbons (Fsp3) is 0.846. The molecule has 0 saturated carbocycles. The van der Waals surface area contributed by atoms with Crippen molar-refractivity contribution in [3.63, 3.8) is 0 Å². The lowest BCUT2D eigenvalue weighted by Gasteiger charge is -2.25. The summed E-state index contributed by atoms with van der Waals surface area (Å²) in [7, 11) is 1.64. The van der Waals surface area contributed by atoms with Gasteiger partial charge in [-0.2, -0.15) is 13.2 Å². The highest BCUT2D eigenvalue weighted by atomic mass is 19.4. The SMILES string of the molecule is CCNC(=NCCC(F)(F)F)N(C)CC(=O)N(CC)CC. The lowest BCUT2D eigenvalue weighted by molar-refractivity contribution is -0.132. The van der Waals surface area contributed by atoms with Gasteiger partial charge in [0.2, 0.25) is 5.91 Å². The lowest BCUT2D eigenvalue weighted by Crippen LogP contribution is -2.45. The molecule has 0 rings (SSSR count). The van der Waals surface area contributed by atoms with E-state index in [1.807, 2.05) is 20.8 Å². The minimum absolute atomic E-state index is 0.0797. The van der Waals surface area contributed by atoms with Crippen LogP contribution < -0.4 is 5.32 Å². The van der Waals surface area contributed by atoms with E-state index < -0.39 is 12.6 Å². The van der Waals surface area contributed by atoms with Crippen LogP contribution in [-0.4, -0.2) is 67.6 Å². The Bertz CT molecular complexity index is 341. The molecule has 0 aliphatic carbocycles. The van der Waals surface area contributed by atoms with E-state index in [2.05, 4.69) is 10.3 Å². The minimum Gasteiger partial charge on any atom is -0.357 e. The third-order valence-electron chi connectivity index (χ3n) is 2.84. The van der Waals surface area contributed by atoms with Gasteiger partial charge in [-0.25, -0.2) is 0 Å². The van der Waals surface area contributed by atoms with Gasteiger partial charge in [0.1, 0.15) is 0 Å². The normalized spacial score (nSPS) is 12.2. The van der Waals surface area contributed by atoms with Crippen LogP contribution in [-0.2, 0) is 4.79 Å². The molecule has 21 heavy (non-hydrogen) atoms. The number of rotatable bonds is 7. The van der Waals surface area contributed by atoms with Crippen LogP contribution in [0.1, 0.15) is 27.2 Å². The number of hydrogen-bond acceptors (Lipinski definition) is 2. The average Bonchev–Trinajstić information content (AvgIpc) is 2.37. The van der Waals surface area contributed by atoms with Crippen molar-refractivity contribution in [2.75, 3.05) is 39.8 Å². The maximum Gasteiger partial charge on any atom is 0.390 e. The molecule has 1 N–H and O–H groups in total. The van der Waals surface area contributed by atoms with Crippen LogP contribution in [0, 0.1) is 0 Å². The zero-order chi connectivity index (χ0) is 16.5. The summed E-state index contributed by atoms with van der Waals surface area (Å²) in [6.07, 6.45) is -5.20. The summed E-state index contributed by atoms with van der Waals surface area (Å²) in [5.41, 5.74) is 0. The van der Waals surface area contributed by atoms with Crippen LogP contribution >= 0.6 is 0 Å². The quantitative estimate of drug-likeness (QED) is 0.575. The third-order valence-corrected chi connectivity index (χ3v) is 2.84. The molecule has 0 aliphatic heterocycles. The van der Waals surface area contributed by atoms with Crippen molar-refractivity contribution in [1.82, 2.24) is 15.1 Å². The van der Waals surface area contributed by atoms with E-state index in [4.69, 9.17) is 0 Å². The zero-order valence-electron chi connectivity index (χ0n) is 13.1. The molecule has 124 valence electrons. The molecule has 0 unspecified atom stereocenters. The zero-order valence-corrected chi connectivity index (χ0v) is 13.1. The molecule has 0 aliphatic rings. The number of carbonyl (C=O) groups excluding carboxylic acids is 1. The van der Waals surface area contributed by atoms with Gasteiger partial charge < -0.3 is 15.1 Å². The summed E-state index contributed by atoms with van der Waals surface area (Å²) in [6, 6.07) is 0. The Hall–Kier alpha value is -1.47. The first-order valence-electron chi connectivity index (χ1n) is 7.09. The second-order valence-electron chi connectivity index (χ2n) is 4.52. The summed E-state index contributed by atoms with van der Waals surface area (Å²) >= 11 is 0. The van der Waals surface area contributed by atoms with Crippen molar-refractivity contribution in [2.45, 2.75) is 33.4 Å². The van der Waals surface area contributed by atoms with E-state index in [0.29, 0.717) is 25.6 Å². The van der Waals surface area contributed by atoms with Crippen molar-refractivity contribution in [3.05, 3.63) is 0 Å². The summed E-state index contributed by atoms with van der Waals surface area (Å²) in [5.74, 6) is 0.228. The van der Waals surface area contributed by atoms with Gasteiger partial charge in [0.25, 0.3) is 0 Å². The molecular formula is C13H25F3N4O. The smallest absolute Gasteiger partial charge is 0.357 e. The van der Waals surface area contributed by atoms with Gasteiger partial charge in [-0.3, -0.25) is 9.79 Å². The van der Waals surface area contributed by atoms with Crippen LogP contribution in [0.3, 0.4) is 0 Å². The van der Waals surface area contributed by atoms with Crippen molar-refractivity contribution < 1.29 is 18.0 Å². The van der Waals surface area contributed by atoms with Crippen LogP contribution in [0.5, 0.6) is 0 Å². The fourth-order valence-electron chi connectivity index (χ4n) is 1.71. The highest BCUT2D eigenvalue weighted by Gasteiger charge is 2.26. The Morgan fingerprint density at radius 2 is 1.76 bits per heavy atom. The van der Waals surface area contributed by atoms with E-state index in [9.17, 15) is 18.0 Å². The van der Waals surface area contributed by atoms with E-state index in [1.54, 1.807) is 16.8 Å². The van der Waals surface area contributed by atoms with Crippen molar-refractivity contribution in [2.24, 2.45) is 4.99 Å². The van der Waals surface area contributed by atoms with Crippen molar-refractivity contribution >= 4 is 11.9 Å². The van der Waals surface area contributed by atoms with Gasteiger partial charge in [-0.05, 0) is 20.8 Å². The Morgan fingerprint density at radius 1 is 1.19 bits per heavy atom. The Kier molecular flexibility index (Phi) is 8.80. The molecule has 1 amide bonds. The van der Waals surface area contributed by atoms with Crippen molar-refractivity contribution in [3.8, 4) is 0 Å². The largest absolute Gasteiger partial charge is 0.390 e. The molecular weight excluding hydrogens is 285 g/mol. The molecule has 0 aromatic rings. The molecule has 5 nitrogen and oxygen atoms in total. The highest BCUT2D eigenvalue weighted by molar-refractivity contribution is 5.86. The van der Waals surface area contributed by atoms with Crippen LogP contribution in [0.25, 0.3) is 0 Å². The maximum atomic E-state index is 12.1. The average molecular weight is 310 g/mol. The number of alkyl halides is 3. The Labute approximate surface area is 124 Å². The van der Waals surface area contributed by atoms with Gasteiger partial charge in [-0.1, -0.05) is 0 Å². The van der Waals surface area contributed by atoms with Gasteiger partial charge in [0.15, 0.2) is 5.96 Å². The number of nitrogens with zero attached hydrogens (tertiary/aromatic N) is 3. The molecule has 0 atom stereocenters. The fourth-order valence-corrected chi connectivity index (χ4v) is 1.71. The van der Waals surface area contributed by atoms with Gasteiger partial charge in [0.05, 0.1) is 19.5 Å². The first-order chi connectivity index (χ1) is 9.75. The minimum atomic E-state index is -4.23. The number of nitrogens with one attached hydrogen (secondary N) is 1. The van der Waals surface area contributed by atoms with Crippen LogP contribution in [0.4, 0.5) is 13.2 Å². The maximum absolute atomic E-state index is 12.1. The second-order valence-corrected chi connectivity index (χ2v) is 4.52. The summed E-state index contributed by atoms with van der Waals surface area (Å²) < 4.78 is 36.4. The monoisotopic (exact) mass is 310 g/mol. The first kappa shape index (κ1) is 19.5. The first-order valence-corrected chi connectivity index (χ1v) is 7.09. The van der Waals surface area contributed by atoms with E-state index >= 15 is 0 Å². The molecule has 0 bridgehead atoms. The Morgan fingerprint density at radius 3 is 2.19 bits per heavy atom. The molecule has 0 spiro atoms. The topological polar surface area (TPSA) is 47.9 Å². The summed E-state index contributed by atoms with van der Waals surface area (Å²) in [4.78, 5) is 19.1. The molecule has 0 saturated heterocycles. The predicted octanol–water partition coefficient (Wildman–Crippen LogP) is 1.70.